The highest BCUT2D eigenvalue weighted by atomic mass is 35.5. The molecule has 0 radical (unpaired) electrons. The fourth-order valence-electron chi connectivity index (χ4n) is 1.89. The Labute approximate surface area is 156 Å². The number of primary amides is 1. The van der Waals surface area contributed by atoms with Crippen LogP contribution < -0.4 is 21.1 Å². The van der Waals surface area contributed by atoms with E-state index in [4.69, 9.17) is 17.3 Å². The predicted molar refractivity (Wildman–Crippen MR) is 99.2 cm³/mol. The summed E-state index contributed by atoms with van der Waals surface area (Å²) < 4.78 is 26.5. The fraction of sp³-hybridized carbons (Fsp3) is 0.429. The third-order valence-corrected chi connectivity index (χ3v) is 5.40. The van der Waals surface area contributed by atoms with E-state index < -0.39 is 28.0 Å². The number of thioether (sulfide) groups is 1. The summed E-state index contributed by atoms with van der Waals surface area (Å²) in [5.41, 5.74) is 5.05. The number of carbonyl (C=O) groups is 2. The van der Waals surface area contributed by atoms with Crippen LogP contribution in [0.2, 0.25) is 5.02 Å². The second kappa shape index (κ2) is 10.5. The van der Waals surface area contributed by atoms with Crippen molar-refractivity contribution in [1.29, 1.82) is 0 Å². The molecule has 0 aliphatic carbocycles. The van der Waals surface area contributed by atoms with Gasteiger partial charge in [0.15, 0.2) is 0 Å². The van der Waals surface area contributed by atoms with E-state index in [0.29, 0.717) is 17.2 Å². The smallest absolute Gasteiger partial charge is 0.312 e. The Morgan fingerprint density at radius 2 is 2.04 bits per heavy atom. The molecular formula is C14H21ClN4O4S2. The first kappa shape index (κ1) is 21.6. The molecule has 1 aromatic carbocycles. The van der Waals surface area contributed by atoms with Crippen molar-refractivity contribution in [1.82, 2.24) is 15.4 Å². The van der Waals surface area contributed by atoms with Gasteiger partial charge in [-0.05, 0) is 36.6 Å². The number of urea groups is 1. The number of amides is 3. The lowest BCUT2D eigenvalue weighted by Crippen LogP contribution is -2.50. The van der Waals surface area contributed by atoms with Gasteiger partial charge in [0.05, 0.1) is 4.90 Å². The molecule has 1 aromatic rings. The maximum atomic E-state index is 12.1. The van der Waals surface area contributed by atoms with E-state index in [0.717, 1.165) is 0 Å². The molecule has 0 bridgehead atoms. The molecule has 25 heavy (non-hydrogen) atoms. The van der Waals surface area contributed by atoms with Gasteiger partial charge >= 0.3 is 6.03 Å². The highest BCUT2D eigenvalue weighted by molar-refractivity contribution is 7.98. The molecule has 5 N–H and O–H groups in total. The Bertz CT molecular complexity index is 700. The van der Waals surface area contributed by atoms with Crippen LogP contribution in [0.4, 0.5) is 4.79 Å². The van der Waals surface area contributed by atoms with Gasteiger partial charge < -0.3 is 16.4 Å². The zero-order valence-corrected chi connectivity index (χ0v) is 16.0. The second-order valence-corrected chi connectivity index (χ2v) is 8.18. The van der Waals surface area contributed by atoms with Crippen molar-refractivity contribution in [2.45, 2.75) is 17.4 Å². The highest BCUT2D eigenvalue weighted by Gasteiger charge is 2.19. The zero-order valence-electron chi connectivity index (χ0n) is 13.6. The molecule has 0 aliphatic rings. The van der Waals surface area contributed by atoms with Crippen molar-refractivity contribution in [2.24, 2.45) is 5.73 Å². The summed E-state index contributed by atoms with van der Waals surface area (Å²) in [7, 11) is -3.71. The van der Waals surface area contributed by atoms with Gasteiger partial charge in [-0.2, -0.15) is 11.8 Å². The van der Waals surface area contributed by atoms with Crippen LogP contribution in [0.1, 0.15) is 6.42 Å². The molecule has 1 atom stereocenters. The van der Waals surface area contributed by atoms with Crippen LogP contribution in [0.15, 0.2) is 29.2 Å². The first-order chi connectivity index (χ1) is 11.8. The normalized spacial score (nSPS) is 12.4. The van der Waals surface area contributed by atoms with Gasteiger partial charge in [0.1, 0.15) is 6.04 Å². The van der Waals surface area contributed by atoms with Crippen LogP contribution in [0.3, 0.4) is 0 Å². The Kier molecular flexibility index (Phi) is 9.04. The minimum atomic E-state index is -3.71. The molecule has 1 rings (SSSR count). The van der Waals surface area contributed by atoms with Gasteiger partial charge in [-0.25, -0.2) is 17.9 Å². The molecule has 0 aliphatic heterocycles. The van der Waals surface area contributed by atoms with Gasteiger partial charge in [-0.15, -0.1) is 0 Å². The maximum Gasteiger partial charge on any atom is 0.312 e. The van der Waals surface area contributed by atoms with Gasteiger partial charge in [-0.1, -0.05) is 17.7 Å². The minimum absolute atomic E-state index is 0.00753. The average molecular weight is 409 g/mol. The summed E-state index contributed by atoms with van der Waals surface area (Å²) in [6.07, 6.45) is 2.30. The lowest BCUT2D eigenvalue weighted by Gasteiger charge is -2.17. The second-order valence-electron chi connectivity index (χ2n) is 4.99. The average Bonchev–Trinajstić information content (AvgIpc) is 2.55. The maximum absolute atomic E-state index is 12.1. The SMILES string of the molecule is CSCC[C@@H](NC(N)=O)C(=O)NCCNS(=O)(=O)c1cccc(Cl)c1. The zero-order chi connectivity index (χ0) is 18.9. The predicted octanol–water partition coefficient (Wildman–Crippen LogP) is 0.525. The van der Waals surface area contributed by atoms with Crippen LogP contribution in [0, 0.1) is 0 Å². The van der Waals surface area contributed by atoms with Crippen LogP contribution in [-0.4, -0.2) is 51.5 Å². The molecule has 0 aromatic heterocycles. The summed E-state index contributed by atoms with van der Waals surface area (Å²) in [5.74, 6) is 0.245. The first-order valence-corrected chi connectivity index (χ1v) is 10.6. The third kappa shape index (κ3) is 7.95. The molecule has 0 spiro atoms. The monoisotopic (exact) mass is 408 g/mol. The number of carbonyl (C=O) groups excluding carboxylic acids is 2. The fourth-order valence-corrected chi connectivity index (χ4v) is 3.69. The standard InChI is InChI=1S/C14H21ClN4O4S2/c1-24-8-5-12(19-14(16)21)13(20)17-6-7-18-25(22,23)11-4-2-3-10(15)9-11/h2-4,9,12,18H,5-8H2,1H3,(H,17,20)(H3,16,19,21)/t12-/m1/s1. The van der Waals surface area contributed by atoms with E-state index in [-0.39, 0.29) is 18.0 Å². The molecule has 0 fully saturated rings. The number of hydrogen-bond donors (Lipinski definition) is 4. The van der Waals surface area contributed by atoms with Crippen LogP contribution in [-0.2, 0) is 14.8 Å². The van der Waals surface area contributed by atoms with Gasteiger partial charge in [-0.3, -0.25) is 4.79 Å². The molecule has 8 nitrogen and oxygen atoms in total. The Hall–Kier alpha value is -1.49. The minimum Gasteiger partial charge on any atom is -0.353 e. The number of hydrogen-bond acceptors (Lipinski definition) is 5. The molecule has 0 heterocycles. The number of halogens is 1. The number of rotatable bonds is 10. The Morgan fingerprint density at radius 3 is 2.64 bits per heavy atom. The van der Waals surface area contributed by atoms with E-state index in [2.05, 4.69) is 15.4 Å². The summed E-state index contributed by atoms with van der Waals surface area (Å²) in [4.78, 5) is 23.0. The van der Waals surface area contributed by atoms with E-state index in [1.165, 1.54) is 30.0 Å². The number of benzene rings is 1. The molecule has 140 valence electrons. The number of sulfonamides is 1. The van der Waals surface area contributed by atoms with Gasteiger partial charge in [0, 0.05) is 18.1 Å². The van der Waals surface area contributed by atoms with Gasteiger partial charge in [0.25, 0.3) is 0 Å². The molecule has 0 unspecified atom stereocenters. The van der Waals surface area contributed by atoms with E-state index in [1.54, 1.807) is 6.07 Å². The number of nitrogens with two attached hydrogens (primary N) is 1. The van der Waals surface area contributed by atoms with E-state index in [1.807, 2.05) is 6.26 Å². The molecular weight excluding hydrogens is 388 g/mol. The molecule has 0 saturated carbocycles. The van der Waals surface area contributed by atoms with Crippen LogP contribution in [0.25, 0.3) is 0 Å². The van der Waals surface area contributed by atoms with Crippen molar-refractivity contribution in [3.8, 4) is 0 Å². The van der Waals surface area contributed by atoms with Crippen molar-refractivity contribution in [3.63, 3.8) is 0 Å². The quantitative estimate of drug-likeness (QED) is 0.419. The van der Waals surface area contributed by atoms with Crippen LogP contribution in [0.5, 0.6) is 0 Å². The lowest BCUT2D eigenvalue weighted by molar-refractivity contribution is -0.122. The first-order valence-electron chi connectivity index (χ1n) is 7.34. The summed E-state index contributed by atoms with van der Waals surface area (Å²) in [5, 5.41) is 5.24. The summed E-state index contributed by atoms with van der Waals surface area (Å²) in [6.45, 7) is 0.0568. The molecule has 0 saturated heterocycles. The largest absolute Gasteiger partial charge is 0.353 e. The number of nitrogens with one attached hydrogen (secondary N) is 3. The third-order valence-electron chi connectivity index (χ3n) is 3.07. The Balaban J connectivity index is 2.49. The Morgan fingerprint density at radius 1 is 1.32 bits per heavy atom. The molecule has 11 heteroatoms. The van der Waals surface area contributed by atoms with Crippen molar-refractivity contribution >= 4 is 45.3 Å². The van der Waals surface area contributed by atoms with E-state index in [9.17, 15) is 18.0 Å². The van der Waals surface area contributed by atoms with Crippen molar-refractivity contribution in [3.05, 3.63) is 29.3 Å². The molecule has 3 amide bonds. The highest BCUT2D eigenvalue weighted by Crippen LogP contribution is 2.14. The topological polar surface area (TPSA) is 130 Å². The van der Waals surface area contributed by atoms with E-state index >= 15 is 0 Å². The van der Waals surface area contributed by atoms with Crippen molar-refractivity contribution < 1.29 is 18.0 Å². The van der Waals surface area contributed by atoms with Gasteiger partial charge in [0.2, 0.25) is 15.9 Å². The van der Waals surface area contributed by atoms with Crippen molar-refractivity contribution in [2.75, 3.05) is 25.1 Å². The summed E-state index contributed by atoms with van der Waals surface area (Å²) >= 11 is 7.31. The lowest BCUT2D eigenvalue weighted by atomic mass is 10.2. The van der Waals surface area contributed by atoms with Crippen LogP contribution >= 0.6 is 23.4 Å². The summed E-state index contributed by atoms with van der Waals surface area (Å²) in [6, 6.07) is 4.31.